The van der Waals surface area contributed by atoms with Crippen LogP contribution in [0.3, 0.4) is 0 Å². The van der Waals surface area contributed by atoms with Crippen LogP contribution in [0.2, 0.25) is 0 Å². The Hall–Kier alpha value is -1.08. The number of rotatable bonds is 4. The van der Waals surface area contributed by atoms with Crippen molar-refractivity contribution in [1.82, 2.24) is 0 Å². The Morgan fingerprint density at radius 1 is 1.36 bits per heavy atom. The minimum absolute atomic E-state index is 0.0717. The highest BCUT2D eigenvalue weighted by atomic mass is 14.6. The van der Waals surface area contributed by atoms with E-state index in [2.05, 4.69) is 32.6 Å². The summed E-state index contributed by atoms with van der Waals surface area (Å²) in [7, 11) is 0. The molecule has 1 aromatic rings. The molecule has 2 atom stereocenters. The number of hydrogen-bond donors (Lipinski definition) is 1. The molecule has 0 heterocycles. The molecule has 0 unspecified atom stereocenters. The van der Waals surface area contributed by atoms with Crippen molar-refractivity contribution in [3.8, 4) is 0 Å². The summed E-state index contributed by atoms with van der Waals surface area (Å²) in [5.41, 5.74) is 8.30. The highest BCUT2D eigenvalue weighted by Gasteiger charge is 2.14. The fourth-order valence-corrected chi connectivity index (χ4v) is 1.44. The molecule has 0 fully saturated rings. The summed E-state index contributed by atoms with van der Waals surface area (Å²) in [6.07, 6.45) is 1.09. The average molecular weight is 189 g/mol. The van der Waals surface area contributed by atoms with Gasteiger partial charge in [0, 0.05) is 6.04 Å². The topological polar surface area (TPSA) is 26.0 Å². The van der Waals surface area contributed by atoms with E-state index in [9.17, 15) is 0 Å². The maximum atomic E-state index is 6.10. The third kappa shape index (κ3) is 2.46. The van der Waals surface area contributed by atoms with Crippen molar-refractivity contribution >= 4 is 5.57 Å². The van der Waals surface area contributed by atoms with Gasteiger partial charge in [0.15, 0.2) is 0 Å². The number of hydrogen-bond acceptors (Lipinski definition) is 1. The Morgan fingerprint density at radius 3 is 2.43 bits per heavy atom. The van der Waals surface area contributed by atoms with Gasteiger partial charge in [-0.15, -0.1) is 0 Å². The van der Waals surface area contributed by atoms with Crippen LogP contribution in [-0.2, 0) is 0 Å². The molecule has 1 rings (SSSR count). The molecular weight excluding hydrogens is 170 g/mol. The van der Waals surface area contributed by atoms with Crippen LogP contribution < -0.4 is 5.73 Å². The maximum Gasteiger partial charge on any atom is 0.0320 e. The first kappa shape index (κ1) is 11.0. The summed E-state index contributed by atoms with van der Waals surface area (Å²) in [5, 5.41) is 0. The maximum absolute atomic E-state index is 6.10. The van der Waals surface area contributed by atoms with Gasteiger partial charge in [0.2, 0.25) is 0 Å². The minimum Gasteiger partial charge on any atom is -0.324 e. The lowest BCUT2D eigenvalue weighted by molar-refractivity contribution is 0.513. The summed E-state index contributed by atoms with van der Waals surface area (Å²) in [4.78, 5) is 0. The molecule has 0 spiro atoms. The van der Waals surface area contributed by atoms with Gasteiger partial charge in [-0.1, -0.05) is 57.2 Å². The normalized spacial score (nSPS) is 14.8. The Morgan fingerprint density at radius 2 is 1.93 bits per heavy atom. The van der Waals surface area contributed by atoms with Gasteiger partial charge >= 0.3 is 0 Å². The van der Waals surface area contributed by atoms with E-state index in [0.29, 0.717) is 5.92 Å². The first-order valence-electron chi connectivity index (χ1n) is 5.16. The smallest absolute Gasteiger partial charge is 0.0320 e. The molecule has 1 aromatic carbocycles. The van der Waals surface area contributed by atoms with Crippen molar-refractivity contribution in [3.05, 3.63) is 42.5 Å². The summed E-state index contributed by atoms with van der Waals surface area (Å²) in [5.74, 6) is 0.489. The largest absolute Gasteiger partial charge is 0.324 e. The highest BCUT2D eigenvalue weighted by molar-refractivity contribution is 5.67. The van der Waals surface area contributed by atoms with Gasteiger partial charge < -0.3 is 5.73 Å². The molecule has 2 N–H and O–H groups in total. The molecule has 1 heteroatoms. The van der Waals surface area contributed by atoms with Crippen molar-refractivity contribution in [2.24, 2.45) is 11.7 Å². The van der Waals surface area contributed by atoms with E-state index in [1.165, 1.54) is 0 Å². The van der Waals surface area contributed by atoms with Crippen LogP contribution in [0, 0.1) is 5.92 Å². The zero-order chi connectivity index (χ0) is 10.6. The fraction of sp³-hybridized carbons (Fsp3) is 0.385. The molecule has 76 valence electrons. The van der Waals surface area contributed by atoms with Gasteiger partial charge in [0.05, 0.1) is 0 Å². The highest BCUT2D eigenvalue weighted by Crippen LogP contribution is 2.21. The molecule has 0 aromatic heterocycles. The van der Waals surface area contributed by atoms with E-state index >= 15 is 0 Å². The van der Waals surface area contributed by atoms with E-state index in [4.69, 9.17) is 5.73 Å². The Bertz CT molecular complexity index is 289. The number of nitrogens with two attached hydrogens (primary N) is 1. The van der Waals surface area contributed by atoms with E-state index < -0.39 is 0 Å². The third-order valence-electron chi connectivity index (χ3n) is 2.80. The molecule has 0 saturated heterocycles. The molecule has 1 nitrogen and oxygen atoms in total. The van der Waals surface area contributed by atoms with Crippen LogP contribution in [0.25, 0.3) is 5.57 Å². The third-order valence-corrected chi connectivity index (χ3v) is 2.80. The van der Waals surface area contributed by atoms with Gasteiger partial charge in [-0.3, -0.25) is 0 Å². The van der Waals surface area contributed by atoms with E-state index in [-0.39, 0.29) is 6.04 Å². The van der Waals surface area contributed by atoms with E-state index in [0.717, 1.165) is 17.6 Å². The standard InChI is InChI=1S/C13H19N/c1-4-10(2)13(14)11(3)12-8-6-5-7-9-12/h5-10,13H,3-4,14H2,1-2H3/t10-,13+/m0/s1. The quantitative estimate of drug-likeness (QED) is 0.774. The van der Waals surface area contributed by atoms with Gasteiger partial charge in [0.25, 0.3) is 0 Å². The average Bonchev–Trinajstić information content (AvgIpc) is 2.27. The van der Waals surface area contributed by atoms with Crippen LogP contribution in [0.1, 0.15) is 25.8 Å². The van der Waals surface area contributed by atoms with Crippen molar-refractivity contribution in [2.45, 2.75) is 26.3 Å². The Balaban J connectivity index is 2.76. The van der Waals surface area contributed by atoms with Crippen molar-refractivity contribution in [3.63, 3.8) is 0 Å². The van der Waals surface area contributed by atoms with Crippen LogP contribution in [-0.4, -0.2) is 6.04 Å². The molecule has 0 aliphatic heterocycles. The Labute approximate surface area is 86.6 Å². The van der Waals surface area contributed by atoms with Gasteiger partial charge in [-0.05, 0) is 17.1 Å². The molecule has 14 heavy (non-hydrogen) atoms. The van der Waals surface area contributed by atoms with Gasteiger partial charge in [-0.2, -0.15) is 0 Å². The summed E-state index contributed by atoms with van der Waals surface area (Å²) in [6.45, 7) is 8.39. The summed E-state index contributed by atoms with van der Waals surface area (Å²) < 4.78 is 0. The Kier molecular flexibility index (Phi) is 3.90. The second-order valence-electron chi connectivity index (χ2n) is 3.80. The van der Waals surface area contributed by atoms with Crippen molar-refractivity contribution in [2.75, 3.05) is 0 Å². The van der Waals surface area contributed by atoms with E-state index in [1.807, 2.05) is 18.2 Å². The van der Waals surface area contributed by atoms with Crippen molar-refractivity contribution < 1.29 is 0 Å². The lowest BCUT2D eigenvalue weighted by atomic mass is 9.90. The van der Waals surface area contributed by atoms with Gasteiger partial charge in [-0.25, -0.2) is 0 Å². The molecular formula is C13H19N. The lowest BCUT2D eigenvalue weighted by Crippen LogP contribution is -2.28. The zero-order valence-electron chi connectivity index (χ0n) is 9.03. The molecule has 0 saturated carbocycles. The van der Waals surface area contributed by atoms with E-state index in [1.54, 1.807) is 0 Å². The molecule has 0 aliphatic rings. The number of benzene rings is 1. The monoisotopic (exact) mass is 189 g/mol. The van der Waals surface area contributed by atoms with Gasteiger partial charge in [0.1, 0.15) is 0 Å². The molecule has 0 aliphatic carbocycles. The summed E-state index contributed by atoms with van der Waals surface area (Å²) in [6, 6.07) is 10.2. The zero-order valence-corrected chi connectivity index (χ0v) is 9.03. The second-order valence-corrected chi connectivity index (χ2v) is 3.80. The first-order chi connectivity index (χ1) is 6.66. The minimum atomic E-state index is 0.0717. The predicted octanol–water partition coefficient (Wildman–Crippen LogP) is 3.07. The fourth-order valence-electron chi connectivity index (χ4n) is 1.44. The van der Waals surface area contributed by atoms with Crippen LogP contribution in [0.4, 0.5) is 0 Å². The summed E-state index contributed by atoms with van der Waals surface area (Å²) >= 11 is 0. The molecule has 0 bridgehead atoms. The van der Waals surface area contributed by atoms with Crippen LogP contribution in [0.15, 0.2) is 36.9 Å². The van der Waals surface area contributed by atoms with Crippen LogP contribution >= 0.6 is 0 Å². The second kappa shape index (κ2) is 4.97. The predicted molar refractivity (Wildman–Crippen MR) is 62.9 cm³/mol. The lowest BCUT2D eigenvalue weighted by Gasteiger charge is -2.20. The van der Waals surface area contributed by atoms with Crippen molar-refractivity contribution in [1.29, 1.82) is 0 Å². The SMILES string of the molecule is C=C(c1ccccc1)[C@H](N)[C@@H](C)CC. The molecule has 0 radical (unpaired) electrons. The molecule has 0 amide bonds. The first-order valence-corrected chi connectivity index (χ1v) is 5.16. The van der Waals surface area contributed by atoms with Crippen LogP contribution in [0.5, 0.6) is 0 Å².